The van der Waals surface area contributed by atoms with Gasteiger partial charge in [-0.1, -0.05) is 13.0 Å². The minimum atomic E-state index is 0.0128. The van der Waals surface area contributed by atoms with Crippen LogP contribution >= 0.6 is 15.9 Å². The van der Waals surface area contributed by atoms with Crippen molar-refractivity contribution in [2.75, 3.05) is 0 Å². The summed E-state index contributed by atoms with van der Waals surface area (Å²) in [6.07, 6.45) is 5.35. The van der Waals surface area contributed by atoms with Crippen LogP contribution in [0.1, 0.15) is 35.5 Å². The Morgan fingerprint density at radius 2 is 2.20 bits per heavy atom. The van der Waals surface area contributed by atoms with Crippen molar-refractivity contribution in [1.29, 1.82) is 0 Å². The first-order valence-electron chi connectivity index (χ1n) is 6.64. The van der Waals surface area contributed by atoms with Gasteiger partial charge in [-0.25, -0.2) is 0 Å². The lowest BCUT2D eigenvalue weighted by Crippen LogP contribution is -2.30. The van der Waals surface area contributed by atoms with Gasteiger partial charge in [-0.3, -0.25) is 20.9 Å². The summed E-state index contributed by atoms with van der Waals surface area (Å²) in [6.45, 7) is 4.12. The number of nitrogens with two attached hydrogens (primary N) is 1. The van der Waals surface area contributed by atoms with Crippen molar-refractivity contribution >= 4 is 15.9 Å². The number of pyridine rings is 1. The molecule has 5 nitrogen and oxygen atoms in total. The first kappa shape index (κ1) is 15.2. The fourth-order valence-corrected chi connectivity index (χ4v) is 3.05. The summed E-state index contributed by atoms with van der Waals surface area (Å²) >= 11 is 3.64. The molecule has 0 radical (unpaired) electrons. The molecule has 3 N–H and O–H groups in total. The van der Waals surface area contributed by atoms with Crippen LogP contribution in [0.5, 0.6) is 0 Å². The van der Waals surface area contributed by atoms with Crippen LogP contribution < -0.4 is 11.3 Å². The molecule has 1 unspecified atom stereocenters. The van der Waals surface area contributed by atoms with Gasteiger partial charge < -0.3 is 0 Å². The molecule has 2 rings (SSSR count). The van der Waals surface area contributed by atoms with Gasteiger partial charge in [0.05, 0.1) is 21.9 Å². The molecule has 1 atom stereocenters. The standard InChI is InChI=1S/C14H20BrN5/c1-4-11-14(15)13(20(3)19-11)6-12(18-16)10-5-9(2)7-17-8-10/h5,7-8,12,18H,4,6,16H2,1-3H3. The number of nitrogens with zero attached hydrogens (tertiary/aromatic N) is 3. The minimum absolute atomic E-state index is 0.0128. The lowest BCUT2D eigenvalue weighted by atomic mass is 10.0. The van der Waals surface area contributed by atoms with Gasteiger partial charge in [0.2, 0.25) is 0 Å². The molecule has 0 aromatic carbocycles. The normalized spacial score (nSPS) is 12.7. The van der Waals surface area contributed by atoms with E-state index in [9.17, 15) is 0 Å². The second-order valence-corrected chi connectivity index (χ2v) is 5.70. The zero-order valence-corrected chi connectivity index (χ0v) is 13.6. The third-order valence-electron chi connectivity index (χ3n) is 3.40. The molecule has 0 spiro atoms. The summed E-state index contributed by atoms with van der Waals surface area (Å²) in [5, 5.41) is 4.51. The Balaban J connectivity index is 2.29. The number of aromatic nitrogens is 3. The molecule has 0 aliphatic rings. The van der Waals surface area contributed by atoms with Crippen LogP contribution in [0.3, 0.4) is 0 Å². The third kappa shape index (κ3) is 3.08. The van der Waals surface area contributed by atoms with E-state index >= 15 is 0 Å². The highest BCUT2D eigenvalue weighted by molar-refractivity contribution is 9.10. The molecule has 2 aromatic rings. The molecular formula is C14H20BrN5. The molecule has 0 amide bonds. The molecule has 2 heterocycles. The van der Waals surface area contributed by atoms with Crippen molar-refractivity contribution in [3.05, 3.63) is 45.4 Å². The van der Waals surface area contributed by atoms with Gasteiger partial charge in [0.1, 0.15) is 0 Å². The zero-order valence-electron chi connectivity index (χ0n) is 12.0. The Labute approximate surface area is 127 Å². The number of rotatable bonds is 5. The van der Waals surface area contributed by atoms with Crippen LogP contribution in [0.2, 0.25) is 0 Å². The maximum absolute atomic E-state index is 5.72. The van der Waals surface area contributed by atoms with E-state index in [1.807, 2.05) is 31.0 Å². The summed E-state index contributed by atoms with van der Waals surface area (Å²) in [7, 11) is 1.96. The van der Waals surface area contributed by atoms with E-state index in [0.29, 0.717) is 0 Å². The smallest absolute Gasteiger partial charge is 0.0766 e. The van der Waals surface area contributed by atoms with Crippen LogP contribution in [0.15, 0.2) is 22.9 Å². The van der Waals surface area contributed by atoms with E-state index in [0.717, 1.165) is 39.8 Å². The average molecular weight is 338 g/mol. The van der Waals surface area contributed by atoms with Gasteiger partial charge in [0.25, 0.3) is 0 Å². The van der Waals surface area contributed by atoms with Crippen molar-refractivity contribution in [2.24, 2.45) is 12.9 Å². The fraction of sp³-hybridized carbons (Fsp3) is 0.429. The van der Waals surface area contributed by atoms with E-state index in [1.54, 1.807) is 0 Å². The van der Waals surface area contributed by atoms with E-state index in [1.165, 1.54) is 0 Å². The molecule has 20 heavy (non-hydrogen) atoms. The zero-order chi connectivity index (χ0) is 14.7. The van der Waals surface area contributed by atoms with E-state index in [2.05, 4.69) is 44.4 Å². The second kappa shape index (κ2) is 6.47. The summed E-state index contributed by atoms with van der Waals surface area (Å²) in [6, 6.07) is 2.11. The predicted molar refractivity (Wildman–Crippen MR) is 83.0 cm³/mol. The highest BCUT2D eigenvalue weighted by atomic mass is 79.9. The summed E-state index contributed by atoms with van der Waals surface area (Å²) in [4.78, 5) is 4.23. The Hall–Kier alpha value is -1.24. The second-order valence-electron chi connectivity index (χ2n) is 4.90. The van der Waals surface area contributed by atoms with Crippen molar-refractivity contribution in [3.8, 4) is 0 Å². The van der Waals surface area contributed by atoms with Gasteiger partial charge in [-0.15, -0.1) is 0 Å². The summed E-state index contributed by atoms with van der Waals surface area (Å²) < 4.78 is 2.99. The number of aryl methyl sites for hydroxylation is 3. The molecule has 0 bridgehead atoms. The SMILES string of the molecule is CCc1nn(C)c(CC(NN)c2cncc(C)c2)c1Br. The van der Waals surface area contributed by atoms with Crippen LogP contribution in [-0.4, -0.2) is 14.8 Å². The van der Waals surface area contributed by atoms with Gasteiger partial charge in [0.15, 0.2) is 0 Å². The van der Waals surface area contributed by atoms with Crippen molar-refractivity contribution < 1.29 is 0 Å². The van der Waals surface area contributed by atoms with Crippen molar-refractivity contribution in [2.45, 2.75) is 32.7 Å². The Kier molecular flexibility index (Phi) is 4.91. The summed E-state index contributed by atoms with van der Waals surface area (Å²) in [5.74, 6) is 5.72. The van der Waals surface area contributed by atoms with Gasteiger partial charge in [-0.05, 0) is 40.4 Å². The number of nitrogens with one attached hydrogen (secondary N) is 1. The fourth-order valence-electron chi connectivity index (χ4n) is 2.28. The van der Waals surface area contributed by atoms with Crippen LogP contribution in [0.4, 0.5) is 0 Å². The molecule has 0 saturated carbocycles. The first-order chi connectivity index (χ1) is 9.56. The number of hydrogen-bond acceptors (Lipinski definition) is 4. The minimum Gasteiger partial charge on any atom is -0.271 e. The Morgan fingerprint density at radius 1 is 1.45 bits per heavy atom. The maximum Gasteiger partial charge on any atom is 0.0766 e. The molecular weight excluding hydrogens is 318 g/mol. The van der Waals surface area contributed by atoms with Crippen LogP contribution in [-0.2, 0) is 19.9 Å². The molecule has 108 valence electrons. The average Bonchev–Trinajstić information content (AvgIpc) is 2.71. The Morgan fingerprint density at radius 3 is 2.75 bits per heavy atom. The lowest BCUT2D eigenvalue weighted by Gasteiger charge is -2.17. The first-order valence-corrected chi connectivity index (χ1v) is 7.44. The number of hydrogen-bond donors (Lipinski definition) is 2. The highest BCUT2D eigenvalue weighted by Crippen LogP contribution is 2.26. The van der Waals surface area contributed by atoms with Crippen molar-refractivity contribution in [3.63, 3.8) is 0 Å². The monoisotopic (exact) mass is 337 g/mol. The quantitative estimate of drug-likeness (QED) is 0.648. The molecule has 2 aromatic heterocycles. The maximum atomic E-state index is 5.72. The van der Waals surface area contributed by atoms with Crippen molar-refractivity contribution in [1.82, 2.24) is 20.2 Å². The van der Waals surface area contributed by atoms with Crippen LogP contribution in [0.25, 0.3) is 0 Å². The Bertz CT molecular complexity index is 593. The van der Waals surface area contributed by atoms with E-state index < -0.39 is 0 Å². The third-order valence-corrected chi connectivity index (χ3v) is 4.32. The predicted octanol–water partition coefficient (Wildman–Crippen LogP) is 2.20. The highest BCUT2D eigenvalue weighted by Gasteiger charge is 2.18. The van der Waals surface area contributed by atoms with Gasteiger partial charge >= 0.3 is 0 Å². The van der Waals surface area contributed by atoms with Crippen LogP contribution in [0, 0.1) is 6.92 Å². The van der Waals surface area contributed by atoms with E-state index in [-0.39, 0.29) is 6.04 Å². The molecule has 0 aliphatic carbocycles. The largest absolute Gasteiger partial charge is 0.271 e. The molecule has 6 heteroatoms. The molecule has 0 saturated heterocycles. The number of hydrazine groups is 1. The molecule has 0 aliphatic heterocycles. The summed E-state index contributed by atoms with van der Waals surface area (Å²) in [5.41, 5.74) is 7.28. The van der Waals surface area contributed by atoms with E-state index in [4.69, 9.17) is 5.84 Å². The van der Waals surface area contributed by atoms with Gasteiger partial charge in [-0.2, -0.15) is 5.10 Å². The number of halogens is 1. The molecule has 0 fully saturated rings. The topological polar surface area (TPSA) is 68.8 Å². The van der Waals surface area contributed by atoms with Gasteiger partial charge in [0, 0.05) is 25.9 Å². The lowest BCUT2D eigenvalue weighted by molar-refractivity contribution is 0.527.